The van der Waals surface area contributed by atoms with E-state index >= 15 is 0 Å². The minimum absolute atomic E-state index is 0.0241. The fourth-order valence-corrected chi connectivity index (χ4v) is 2.75. The Morgan fingerprint density at radius 1 is 1.33 bits per heavy atom. The minimum Gasteiger partial charge on any atom is -0.342 e. The Morgan fingerprint density at radius 3 is 2.28 bits per heavy atom. The molecule has 0 radical (unpaired) electrons. The highest BCUT2D eigenvalue weighted by Crippen LogP contribution is 2.34. The number of nitrogens with zero attached hydrogens (tertiary/aromatic N) is 1. The van der Waals surface area contributed by atoms with E-state index in [2.05, 4.69) is 27.7 Å². The number of hydrogen-bond donors (Lipinski definition) is 1. The Morgan fingerprint density at radius 2 is 1.89 bits per heavy atom. The second-order valence-corrected chi connectivity index (χ2v) is 6.55. The smallest absolute Gasteiger partial charge is 0.226 e. The number of likely N-dealkylation sites (tertiary alicyclic amines) is 1. The van der Waals surface area contributed by atoms with E-state index in [9.17, 15) is 4.79 Å². The highest BCUT2D eigenvalue weighted by Gasteiger charge is 2.32. The van der Waals surface area contributed by atoms with Crippen molar-refractivity contribution >= 4 is 5.91 Å². The molecule has 0 bridgehead atoms. The van der Waals surface area contributed by atoms with Crippen molar-refractivity contribution in [2.75, 3.05) is 19.6 Å². The summed E-state index contributed by atoms with van der Waals surface area (Å²) in [6, 6.07) is 0. The van der Waals surface area contributed by atoms with Gasteiger partial charge in [-0.2, -0.15) is 0 Å². The Labute approximate surface area is 112 Å². The molecule has 0 aromatic carbocycles. The molecule has 3 heteroatoms. The van der Waals surface area contributed by atoms with Crippen molar-refractivity contribution in [1.82, 2.24) is 4.90 Å². The molecule has 0 aromatic heterocycles. The lowest BCUT2D eigenvalue weighted by Gasteiger charge is -2.40. The van der Waals surface area contributed by atoms with Gasteiger partial charge in [-0.15, -0.1) is 0 Å². The van der Waals surface area contributed by atoms with Gasteiger partial charge in [-0.25, -0.2) is 0 Å². The maximum Gasteiger partial charge on any atom is 0.226 e. The molecule has 1 atom stereocenters. The molecule has 2 N–H and O–H groups in total. The van der Waals surface area contributed by atoms with Gasteiger partial charge in [-0.1, -0.05) is 34.1 Å². The van der Waals surface area contributed by atoms with Crippen LogP contribution in [-0.4, -0.2) is 30.4 Å². The molecule has 18 heavy (non-hydrogen) atoms. The SMILES string of the molecule is CCC1(C)CCN(C(=O)C(CN)CC(C)C)CC1. The molecule has 3 nitrogen and oxygen atoms in total. The van der Waals surface area contributed by atoms with E-state index < -0.39 is 0 Å². The van der Waals surface area contributed by atoms with Gasteiger partial charge in [-0.05, 0) is 30.6 Å². The van der Waals surface area contributed by atoms with Crippen molar-refractivity contribution in [3.05, 3.63) is 0 Å². The van der Waals surface area contributed by atoms with E-state index in [1.54, 1.807) is 0 Å². The number of rotatable bonds is 5. The van der Waals surface area contributed by atoms with Crippen LogP contribution in [0.4, 0.5) is 0 Å². The average molecular weight is 254 g/mol. The summed E-state index contributed by atoms with van der Waals surface area (Å²) in [5, 5.41) is 0. The second-order valence-electron chi connectivity index (χ2n) is 6.55. The lowest BCUT2D eigenvalue weighted by atomic mass is 9.78. The Kier molecular flexibility index (Phi) is 5.64. The molecule has 1 amide bonds. The van der Waals surface area contributed by atoms with Gasteiger partial charge in [0.1, 0.15) is 0 Å². The third kappa shape index (κ3) is 3.98. The topological polar surface area (TPSA) is 46.3 Å². The predicted molar refractivity (Wildman–Crippen MR) is 76.2 cm³/mol. The van der Waals surface area contributed by atoms with E-state index in [0.29, 0.717) is 17.9 Å². The molecule has 1 aliphatic rings. The number of amides is 1. The third-order valence-electron chi connectivity index (χ3n) is 4.53. The predicted octanol–water partition coefficient (Wildman–Crippen LogP) is 2.65. The highest BCUT2D eigenvalue weighted by atomic mass is 16.2. The summed E-state index contributed by atoms with van der Waals surface area (Å²) in [4.78, 5) is 14.4. The zero-order valence-electron chi connectivity index (χ0n) is 12.5. The van der Waals surface area contributed by atoms with E-state index in [1.807, 2.05) is 4.90 Å². The highest BCUT2D eigenvalue weighted by molar-refractivity contribution is 5.79. The summed E-state index contributed by atoms with van der Waals surface area (Å²) < 4.78 is 0. The van der Waals surface area contributed by atoms with Crippen molar-refractivity contribution in [3.63, 3.8) is 0 Å². The molecule has 0 aliphatic carbocycles. The number of carbonyl (C=O) groups excluding carboxylic acids is 1. The average Bonchev–Trinajstić information content (AvgIpc) is 2.36. The van der Waals surface area contributed by atoms with Crippen molar-refractivity contribution in [3.8, 4) is 0 Å². The van der Waals surface area contributed by atoms with Crippen LogP contribution in [0.2, 0.25) is 0 Å². The monoisotopic (exact) mass is 254 g/mol. The van der Waals surface area contributed by atoms with Crippen LogP contribution in [0.25, 0.3) is 0 Å². The van der Waals surface area contributed by atoms with E-state index in [1.165, 1.54) is 6.42 Å². The van der Waals surface area contributed by atoms with Gasteiger partial charge < -0.3 is 10.6 Å². The fourth-order valence-electron chi connectivity index (χ4n) is 2.75. The maximum absolute atomic E-state index is 12.4. The maximum atomic E-state index is 12.4. The first-order valence-electron chi connectivity index (χ1n) is 7.40. The standard InChI is InChI=1S/C15H30N2O/c1-5-15(4)6-8-17(9-7-15)14(18)13(11-16)10-12(2)3/h12-13H,5-11,16H2,1-4H3. The zero-order chi connectivity index (χ0) is 13.8. The first-order valence-corrected chi connectivity index (χ1v) is 7.40. The molecule has 0 spiro atoms. The molecular weight excluding hydrogens is 224 g/mol. The lowest BCUT2D eigenvalue weighted by molar-refractivity contribution is -0.138. The zero-order valence-corrected chi connectivity index (χ0v) is 12.5. The molecule has 0 aromatic rings. The van der Waals surface area contributed by atoms with Gasteiger partial charge in [0, 0.05) is 19.6 Å². The van der Waals surface area contributed by atoms with E-state index in [4.69, 9.17) is 5.73 Å². The normalized spacial score (nSPS) is 21.1. The van der Waals surface area contributed by atoms with Gasteiger partial charge in [0.25, 0.3) is 0 Å². The summed E-state index contributed by atoms with van der Waals surface area (Å²) in [5.41, 5.74) is 6.20. The quantitative estimate of drug-likeness (QED) is 0.820. The molecule has 0 saturated carbocycles. The Hall–Kier alpha value is -0.570. The van der Waals surface area contributed by atoms with E-state index in [0.717, 1.165) is 32.4 Å². The van der Waals surface area contributed by atoms with Gasteiger partial charge in [0.05, 0.1) is 5.92 Å². The molecule has 106 valence electrons. The van der Waals surface area contributed by atoms with Gasteiger partial charge in [0.2, 0.25) is 5.91 Å². The molecule has 1 heterocycles. The fraction of sp³-hybridized carbons (Fsp3) is 0.933. The first kappa shape index (κ1) is 15.5. The number of carbonyl (C=O) groups is 1. The van der Waals surface area contributed by atoms with Crippen molar-refractivity contribution < 1.29 is 4.79 Å². The third-order valence-corrected chi connectivity index (χ3v) is 4.53. The van der Waals surface area contributed by atoms with Gasteiger partial charge >= 0.3 is 0 Å². The second kappa shape index (κ2) is 6.55. The van der Waals surface area contributed by atoms with Crippen LogP contribution < -0.4 is 5.73 Å². The summed E-state index contributed by atoms with van der Waals surface area (Å²) in [6.45, 7) is 11.2. The van der Waals surface area contributed by atoms with Crippen molar-refractivity contribution in [2.45, 2.75) is 53.4 Å². The Bertz CT molecular complexity index is 268. The van der Waals surface area contributed by atoms with Gasteiger partial charge in [-0.3, -0.25) is 4.79 Å². The van der Waals surface area contributed by atoms with Crippen LogP contribution in [0.15, 0.2) is 0 Å². The summed E-state index contributed by atoms with van der Waals surface area (Å²) in [5.74, 6) is 0.841. The number of piperidine rings is 1. The number of nitrogens with two attached hydrogens (primary N) is 1. The summed E-state index contributed by atoms with van der Waals surface area (Å²) in [7, 11) is 0. The number of hydrogen-bond acceptors (Lipinski definition) is 2. The van der Waals surface area contributed by atoms with Crippen molar-refractivity contribution in [2.24, 2.45) is 23.0 Å². The van der Waals surface area contributed by atoms with Crippen LogP contribution in [-0.2, 0) is 4.79 Å². The van der Waals surface area contributed by atoms with Crippen molar-refractivity contribution in [1.29, 1.82) is 0 Å². The van der Waals surface area contributed by atoms with Crippen LogP contribution >= 0.6 is 0 Å². The molecule has 1 aliphatic heterocycles. The first-order chi connectivity index (χ1) is 8.41. The minimum atomic E-state index is 0.0241. The summed E-state index contributed by atoms with van der Waals surface area (Å²) in [6.07, 6.45) is 4.39. The van der Waals surface area contributed by atoms with Crippen LogP contribution in [0, 0.1) is 17.3 Å². The van der Waals surface area contributed by atoms with Gasteiger partial charge in [0.15, 0.2) is 0 Å². The van der Waals surface area contributed by atoms with Crippen LogP contribution in [0.5, 0.6) is 0 Å². The van der Waals surface area contributed by atoms with Crippen LogP contribution in [0.1, 0.15) is 53.4 Å². The molecular formula is C15H30N2O. The van der Waals surface area contributed by atoms with Crippen LogP contribution in [0.3, 0.4) is 0 Å². The largest absolute Gasteiger partial charge is 0.342 e. The lowest BCUT2D eigenvalue weighted by Crippen LogP contribution is -2.46. The van der Waals surface area contributed by atoms with E-state index in [-0.39, 0.29) is 11.8 Å². The Balaban J connectivity index is 2.53. The molecule has 1 fully saturated rings. The molecule has 1 rings (SSSR count). The molecule has 1 unspecified atom stereocenters. The molecule has 1 saturated heterocycles. The summed E-state index contributed by atoms with van der Waals surface area (Å²) >= 11 is 0.